The molecule has 0 saturated carbocycles. The Morgan fingerprint density at radius 3 is 2.28 bits per heavy atom. The monoisotopic (exact) mass is 431 g/mol. The molecule has 0 saturated heterocycles. The number of fused-ring (bicyclic) bond motifs is 4. The summed E-state index contributed by atoms with van der Waals surface area (Å²) >= 11 is 0. The first-order valence-corrected chi connectivity index (χ1v) is 10.1. The number of carbonyl (C=O) groups is 2. The van der Waals surface area contributed by atoms with Crippen LogP contribution in [0.5, 0.6) is 0 Å². The van der Waals surface area contributed by atoms with E-state index in [1.165, 1.54) is 0 Å². The van der Waals surface area contributed by atoms with Gasteiger partial charge in [-0.05, 0) is 32.0 Å². The summed E-state index contributed by atoms with van der Waals surface area (Å²) in [4.78, 5) is 39.9. The molecule has 5 rings (SSSR count). The van der Waals surface area contributed by atoms with E-state index in [1.54, 1.807) is 42.7 Å². The Morgan fingerprint density at radius 1 is 1.00 bits per heavy atom. The van der Waals surface area contributed by atoms with E-state index in [2.05, 4.69) is 9.97 Å². The first-order valence-electron chi connectivity index (χ1n) is 10.1. The number of benzene rings is 2. The molecule has 2 amide bonds. The Labute approximate surface area is 183 Å². The van der Waals surface area contributed by atoms with Crippen molar-refractivity contribution in [1.82, 2.24) is 19.6 Å². The molecule has 0 atom stereocenters. The molecule has 1 aliphatic heterocycles. The van der Waals surface area contributed by atoms with Gasteiger partial charge >= 0.3 is 0 Å². The Kier molecular flexibility index (Phi) is 4.47. The van der Waals surface area contributed by atoms with Crippen LogP contribution in [-0.4, -0.2) is 42.1 Å². The number of para-hydroxylation sites is 1. The van der Waals surface area contributed by atoms with Gasteiger partial charge in [0.05, 0.1) is 34.3 Å². The van der Waals surface area contributed by atoms with Crippen LogP contribution in [0.3, 0.4) is 0 Å². The SMILES string of the molecule is CC(C)(O)Cn1c(CON2C(=O)c3ccccc3C2=O)nc2c(N)nc3ccccc3c21. The number of nitrogens with two attached hydrogens (primary N) is 1. The van der Waals surface area contributed by atoms with Crippen molar-refractivity contribution in [3.05, 3.63) is 65.5 Å². The Bertz CT molecular complexity index is 1370. The number of amides is 2. The summed E-state index contributed by atoms with van der Waals surface area (Å²) in [7, 11) is 0. The third kappa shape index (κ3) is 3.19. The zero-order valence-electron chi connectivity index (χ0n) is 17.6. The number of hydrogen-bond donors (Lipinski definition) is 2. The highest BCUT2D eigenvalue weighted by molar-refractivity contribution is 6.20. The molecule has 0 radical (unpaired) electrons. The molecular weight excluding hydrogens is 410 g/mol. The molecule has 2 aromatic carbocycles. The second-order valence-electron chi connectivity index (χ2n) is 8.36. The van der Waals surface area contributed by atoms with Crippen LogP contribution < -0.4 is 5.73 Å². The van der Waals surface area contributed by atoms with Crippen molar-refractivity contribution >= 4 is 39.6 Å². The number of pyridine rings is 1. The normalized spacial score (nSPS) is 14.0. The molecule has 2 aromatic heterocycles. The fourth-order valence-electron chi connectivity index (χ4n) is 3.98. The minimum atomic E-state index is -1.07. The second kappa shape index (κ2) is 7.11. The third-order valence-corrected chi connectivity index (χ3v) is 5.31. The summed E-state index contributed by atoms with van der Waals surface area (Å²) in [6.45, 7) is 3.38. The molecule has 3 N–H and O–H groups in total. The van der Waals surface area contributed by atoms with E-state index in [0.717, 1.165) is 10.4 Å². The smallest absolute Gasteiger partial charge is 0.285 e. The molecule has 0 bridgehead atoms. The predicted octanol–water partition coefficient (Wildman–Crippen LogP) is 2.67. The zero-order valence-corrected chi connectivity index (χ0v) is 17.6. The van der Waals surface area contributed by atoms with Crippen LogP contribution in [0.25, 0.3) is 21.9 Å². The van der Waals surface area contributed by atoms with Crippen molar-refractivity contribution in [2.24, 2.45) is 0 Å². The van der Waals surface area contributed by atoms with Crippen LogP contribution in [0.2, 0.25) is 0 Å². The molecule has 9 nitrogen and oxygen atoms in total. The van der Waals surface area contributed by atoms with Crippen LogP contribution in [-0.2, 0) is 18.0 Å². The molecule has 0 spiro atoms. The minimum absolute atomic E-state index is 0.177. The highest BCUT2D eigenvalue weighted by atomic mass is 16.7. The summed E-state index contributed by atoms with van der Waals surface area (Å²) in [5.41, 5.74) is 7.56. The van der Waals surface area contributed by atoms with Gasteiger partial charge in [0.15, 0.2) is 5.82 Å². The first-order chi connectivity index (χ1) is 15.2. The second-order valence-corrected chi connectivity index (χ2v) is 8.36. The molecule has 0 fully saturated rings. The van der Waals surface area contributed by atoms with Crippen molar-refractivity contribution in [3.63, 3.8) is 0 Å². The Hall–Kier alpha value is -3.82. The van der Waals surface area contributed by atoms with Gasteiger partial charge in [-0.25, -0.2) is 9.97 Å². The van der Waals surface area contributed by atoms with E-state index < -0.39 is 17.4 Å². The number of hydrogen-bond acceptors (Lipinski definition) is 7. The lowest BCUT2D eigenvalue weighted by atomic mass is 10.1. The number of imidazole rings is 1. The van der Waals surface area contributed by atoms with E-state index in [9.17, 15) is 14.7 Å². The van der Waals surface area contributed by atoms with Gasteiger partial charge in [-0.2, -0.15) is 0 Å². The molecule has 3 heterocycles. The average molecular weight is 431 g/mol. The van der Waals surface area contributed by atoms with E-state index in [1.807, 2.05) is 24.3 Å². The van der Waals surface area contributed by atoms with Gasteiger partial charge < -0.3 is 15.4 Å². The summed E-state index contributed by atoms with van der Waals surface area (Å²) in [5, 5.41) is 12.1. The standard InChI is InChI=1S/C23H21N5O4/c1-23(2,31)12-27-17(11-32-28-21(29)13-7-3-4-8-14(13)22(28)30)26-18-19(27)15-9-5-6-10-16(15)25-20(18)24/h3-10,31H,11-12H2,1-2H3,(H2,24,25). The number of aromatic nitrogens is 3. The molecule has 9 heteroatoms. The van der Waals surface area contributed by atoms with Crippen LogP contribution >= 0.6 is 0 Å². The quantitative estimate of drug-likeness (QED) is 0.466. The van der Waals surface area contributed by atoms with Gasteiger partial charge in [0.2, 0.25) is 0 Å². The van der Waals surface area contributed by atoms with Gasteiger partial charge in [0, 0.05) is 5.39 Å². The number of hydroxylamine groups is 2. The fraction of sp³-hybridized carbons (Fsp3) is 0.217. The molecule has 0 aliphatic carbocycles. The highest BCUT2D eigenvalue weighted by Gasteiger charge is 2.37. The largest absolute Gasteiger partial charge is 0.389 e. The molecular formula is C23H21N5O4. The molecule has 162 valence electrons. The van der Waals surface area contributed by atoms with Crippen molar-refractivity contribution in [2.45, 2.75) is 32.6 Å². The zero-order chi connectivity index (χ0) is 22.6. The number of anilines is 1. The van der Waals surface area contributed by atoms with Gasteiger partial charge in [-0.15, -0.1) is 5.06 Å². The maximum absolute atomic E-state index is 12.6. The van der Waals surface area contributed by atoms with Crippen LogP contribution in [0, 0.1) is 0 Å². The average Bonchev–Trinajstić information content (AvgIpc) is 3.22. The first kappa shape index (κ1) is 20.1. The molecule has 1 aliphatic rings. The summed E-state index contributed by atoms with van der Waals surface area (Å²) in [6, 6.07) is 14.1. The van der Waals surface area contributed by atoms with Gasteiger partial charge in [-0.3, -0.25) is 14.4 Å². The Balaban J connectivity index is 1.58. The molecule has 32 heavy (non-hydrogen) atoms. The van der Waals surface area contributed by atoms with E-state index in [0.29, 0.717) is 33.5 Å². The lowest BCUT2D eigenvalue weighted by Crippen LogP contribution is -2.31. The number of nitrogens with zero attached hydrogens (tertiary/aromatic N) is 4. The number of imide groups is 1. The number of carbonyl (C=O) groups excluding carboxylic acids is 2. The number of nitrogen functional groups attached to an aromatic ring is 1. The van der Waals surface area contributed by atoms with Crippen molar-refractivity contribution < 1.29 is 19.5 Å². The maximum Gasteiger partial charge on any atom is 0.285 e. The highest BCUT2D eigenvalue weighted by Crippen LogP contribution is 2.31. The third-order valence-electron chi connectivity index (χ3n) is 5.31. The predicted molar refractivity (Wildman–Crippen MR) is 117 cm³/mol. The topological polar surface area (TPSA) is 124 Å². The van der Waals surface area contributed by atoms with Gasteiger partial charge in [0.25, 0.3) is 11.8 Å². The number of rotatable bonds is 5. The van der Waals surface area contributed by atoms with Crippen LogP contribution in [0.1, 0.15) is 40.4 Å². The van der Waals surface area contributed by atoms with E-state index >= 15 is 0 Å². The van der Waals surface area contributed by atoms with Crippen molar-refractivity contribution in [1.29, 1.82) is 0 Å². The number of aliphatic hydroxyl groups is 1. The van der Waals surface area contributed by atoms with E-state index in [-0.39, 0.29) is 19.0 Å². The van der Waals surface area contributed by atoms with Crippen LogP contribution in [0.4, 0.5) is 5.82 Å². The maximum atomic E-state index is 12.6. The summed E-state index contributed by atoms with van der Waals surface area (Å²) < 4.78 is 1.80. The summed E-state index contributed by atoms with van der Waals surface area (Å²) in [5.74, 6) is -0.400. The van der Waals surface area contributed by atoms with Gasteiger partial charge in [-0.1, -0.05) is 30.3 Å². The van der Waals surface area contributed by atoms with E-state index in [4.69, 9.17) is 10.6 Å². The fourth-order valence-corrected chi connectivity index (χ4v) is 3.98. The van der Waals surface area contributed by atoms with Gasteiger partial charge in [0.1, 0.15) is 17.9 Å². The lowest BCUT2D eigenvalue weighted by Gasteiger charge is -2.21. The summed E-state index contributed by atoms with van der Waals surface area (Å²) in [6.07, 6.45) is 0. The van der Waals surface area contributed by atoms with Crippen molar-refractivity contribution in [2.75, 3.05) is 5.73 Å². The van der Waals surface area contributed by atoms with Crippen LogP contribution in [0.15, 0.2) is 48.5 Å². The van der Waals surface area contributed by atoms with Crippen molar-refractivity contribution in [3.8, 4) is 0 Å². The lowest BCUT2D eigenvalue weighted by molar-refractivity contribution is -0.104. The Morgan fingerprint density at radius 2 is 1.62 bits per heavy atom. The minimum Gasteiger partial charge on any atom is -0.389 e. The molecule has 0 unspecified atom stereocenters. The molecule has 4 aromatic rings.